The molecule has 0 unspecified atom stereocenters. The predicted molar refractivity (Wildman–Crippen MR) is 84.3 cm³/mol. The van der Waals surface area contributed by atoms with Gasteiger partial charge in [-0.2, -0.15) is 0 Å². The Morgan fingerprint density at radius 1 is 1.38 bits per heavy atom. The number of sulfonamides is 1. The topological polar surface area (TPSA) is 83.5 Å². The third kappa shape index (κ3) is 4.39. The van der Waals surface area contributed by atoms with Crippen molar-refractivity contribution in [1.29, 1.82) is 0 Å². The van der Waals surface area contributed by atoms with E-state index in [2.05, 4.69) is 4.72 Å². The van der Waals surface area contributed by atoms with Crippen molar-refractivity contribution < 1.29 is 18.3 Å². The van der Waals surface area contributed by atoms with Crippen molar-refractivity contribution in [3.05, 3.63) is 44.4 Å². The Labute approximate surface area is 134 Å². The number of halogens is 1. The summed E-state index contributed by atoms with van der Waals surface area (Å²) < 4.78 is 27.1. The summed E-state index contributed by atoms with van der Waals surface area (Å²) >= 11 is 8.05. The Balaban J connectivity index is 2.10. The lowest BCUT2D eigenvalue weighted by molar-refractivity contribution is -0.131. The van der Waals surface area contributed by atoms with Crippen molar-refractivity contribution in [3.63, 3.8) is 0 Å². The van der Waals surface area contributed by atoms with Crippen LogP contribution in [0.25, 0.3) is 6.08 Å². The van der Waals surface area contributed by atoms with Crippen molar-refractivity contribution >= 4 is 56.3 Å². The van der Waals surface area contributed by atoms with Crippen LogP contribution in [0, 0.1) is 0 Å². The van der Waals surface area contributed by atoms with Gasteiger partial charge in [0.1, 0.15) is 4.21 Å². The standard InChI is InChI=1S/C12H10ClNO4S3/c13-10-2-4-12(20-10)21(17,18)14-7-9-8(5-6-19-9)1-3-11(15)16/h1-6,14H,7H2,(H,15,16)/b3-1+. The minimum absolute atomic E-state index is 0.0921. The summed E-state index contributed by atoms with van der Waals surface area (Å²) in [5.41, 5.74) is 0.675. The molecule has 0 saturated heterocycles. The molecule has 0 aliphatic carbocycles. The van der Waals surface area contributed by atoms with Crippen molar-refractivity contribution in [2.75, 3.05) is 0 Å². The highest BCUT2D eigenvalue weighted by Gasteiger charge is 2.17. The fraction of sp³-hybridized carbons (Fsp3) is 0.0833. The molecule has 0 fully saturated rings. The number of rotatable bonds is 6. The molecule has 9 heteroatoms. The van der Waals surface area contributed by atoms with E-state index in [0.29, 0.717) is 9.90 Å². The number of hydrogen-bond donors (Lipinski definition) is 2. The molecule has 0 aromatic carbocycles. The SMILES string of the molecule is O=C(O)/C=C/c1ccsc1CNS(=O)(=O)c1ccc(Cl)s1. The van der Waals surface area contributed by atoms with Crippen LogP contribution in [0.1, 0.15) is 10.4 Å². The molecule has 2 aromatic rings. The second kappa shape index (κ2) is 6.71. The molecular formula is C12H10ClNO4S3. The van der Waals surface area contributed by atoms with Crippen LogP contribution in [0.4, 0.5) is 0 Å². The van der Waals surface area contributed by atoms with Gasteiger partial charge in [0.15, 0.2) is 0 Å². The summed E-state index contributed by atoms with van der Waals surface area (Å²) in [6, 6.07) is 4.69. The average Bonchev–Trinajstić information content (AvgIpc) is 3.03. The van der Waals surface area contributed by atoms with E-state index >= 15 is 0 Å². The highest BCUT2D eigenvalue weighted by atomic mass is 35.5. The highest BCUT2D eigenvalue weighted by Crippen LogP contribution is 2.26. The molecule has 0 atom stereocenters. The van der Waals surface area contributed by atoms with E-state index in [1.54, 1.807) is 11.4 Å². The first-order chi connectivity index (χ1) is 9.88. The Bertz CT molecular complexity index is 776. The van der Waals surface area contributed by atoms with E-state index in [1.165, 1.54) is 29.5 Å². The molecular weight excluding hydrogens is 354 g/mol. The zero-order valence-corrected chi connectivity index (χ0v) is 13.7. The fourth-order valence-corrected chi connectivity index (χ4v) is 4.90. The lowest BCUT2D eigenvalue weighted by Crippen LogP contribution is -2.22. The Hall–Kier alpha value is -1.19. The Morgan fingerprint density at radius 2 is 2.14 bits per heavy atom. The second-order valence-corrected chi connectivity index (χ2v) is 8.56. The first-order valence-corrected chi connectivity index (χ1v) is 9.16. The van der Waals surface area contributed by atoms with Crippen LogP contribution < -0.4 is 4.72 Å². The van der Waals surface area contributed by atoms with E-state index in [-0.39, 0.29) is 10.8 Å². The second-order valence-electron chi connectivity index (χ2n) is 3.85. The van der Waals surface area contributed by atoms with Gasteiger partial charge in [-0.15, -0.1) is 22.7 Å². The minimum atomic E-state index is -3.61. The highest BCUT2D eigenvalue weighted by molar-refractivity contribution is 7.91. The number of thiophene rings is 2. The zero-order valence-electron chi connectivity index (χ0n) is 10.4. The summed E-state index contributed by atoms with van der Waals surface area (Å²) in [7, 11) is -3.61. The van der Waals surface area contributed by atoms with Gasteiger partial charge < -0.3 is 5.11 Å². The van der Waals surface area contributed by atoms with Crippen molar-refractivity contribution in [2.45, 2.75) is 10.8 Å². The molecule has 2 aromatic heterocycles. The van der Waals surface area contributed by atoms with Crippen LogP contribution in [-0.4, -0.2) is 19.5 Å². The van der Waals surface area contributed by atoms with E-state index in [0.717, 1.165) is 22.3 Å². The zero-order chi connectivity index (χ0) is 15.5. The van der Waals surface area contributed by atoms with Crippen molar-refractivity contribution in [1.82, 2.24) is 4.72 Å². The van der Waals surface area contributed by atoms with Gasteiger partial charge in [0.2, 0.25) is 10.0 Å². The number of hydrogen-bond acceptors (Lipinski definition) is 5. The van der Waals surface area contributed by atoms with Gasteiger partial charge in [-0.3, -0.25) is 0 Å². The summed E-state index contributed by atoms with van der Waals surface area (Å²) in [4.78, 5) is 11.2. The van der Waals surface area contributed by atoms with Crippen LogP contribution in [0.2, 0.25) is 4.34 Å². The van der Waals surface area contributed by atoms with Gasteiger partial charge in [-0.05, 0) is 35.2 Å². The van der Waals surface area contributed by atoms with Gasteiger partial charge in [0, 0.05) is 17.5 Å². The van der Waals surface area contributed by atoms with E-state index in [1.807, 2.05) is 0 Å². The first-order valence-electron chi connectivity index (χ1n) is 5.61. The molecule has 0 amide bonds. The van der Waals surface area contributed by atoms with E-state index in [9.17, 15) is 13.2 Å². The molecule has 112 valence electrons. The first kappa shape index (κ1) is 16.2. The number of nitrogens with one attached hydrogen (secondary N) is 1. The third-order valence-corrected chi connectivity index (χ3v) is 6.48. The summed E-state index contributed by atoms with van der Waals surface area (Å²) in [5.74, 6) is -1.05. The lowest BCUT2D eigenvalue weighted by Gasteiger charge is -2.04. The molecule has 5 nitrogen and oxygen atoms in total. The Morgan fingerprint density at radius 3 is 2.76 bits per heavy atom. The molecule has 2 heterocycles. The van der Waals surface area contributed by atoms with Gasteiger partial charge in [0.25, 0.3) is 0 Å². The average molecular weight is 364 g/mol. The molecule has 2 N–H and O–H groups in total. The minimum Gasteiger partial charge on any atom is -0.478 e. The molecule has 0 saturated carbocycles. The largest absolute Gasteiger partial charge is 0.478 e. The van der Waals surface area contributed by atoms with Gasteiger partial charge in [-0.25, -0.2) is 17.9 Å². The molecule has 2 rings (SSSR count). The van der Waals surface area contributed by atoms with Crippen LogP contribution >= 0.6 is 34.3 Å². The number of carboxylic acids is 1. The summed E-state index contributed by atoms with van der Waals surface area (Å²) in [5, 5.41) is 10.4. The van der Waals surface area contributed by atoms with E-state index in [4.69, 9.17) is 16.7 Å². The summed E-state index contributed by atoms with van der Waals surface area (Å²) in [6.45, 7) is 0.0921. The molecule has 0 radical (unpaired) electrons. The molecule has 0 bridgehead atoms. The third-order valence-electron chi connectivity index (χ3n) is 2.42. The van der Waals surface area contributed by atoms with Crippen LogP contribution in [0.15, 0.2) is 33.9 Å². The number of carboxylic acid groups (broad SMARTS) is 1. The van der Waals surface area contributed by atoms with Crippen LogP contribution in [-0.2, 0) is 21.4 Å². The molecule has 0 aliphatic heterocycles. The molecule has 0 aliphatic rings. The van der Waals surface area contributed by atoms with Gasteiger partial charge >= 0.3 is 5.97 Å². The van der Waals surface area contributed by atoms with Gasteiger partial charge in [-0.1, -0.05) is 11.6 Å². The number of carbonyl (C=O) groups is 1. The van der Waals surface area contributed by atoms with Crippen molar-refractivity contribution in [3.8, 4) is 0 Å². The van der Waals surface area contributed by atoms with E-state index < -0.39 is 16.0 Å². The summed E-state index contributed by atoms with van der Waals surface area (Å²) in [6.07, 6.45) is 2.45. The molecule has 0 spiro atoms. The maximum absolute atomic E-state index is 12.1. The lowest BCUT2D eigenvalue weighted by atomic mass is 10.2. The number of aliphatic carboxylic acids is 1. The fourth-order valence-electron chi connectivity index (χ4n) is 1.48. The van der Waals surface area contributed by atoms with Crippen molar-refractivity contribution in [2.24, 2.45) is 0 Å². The predicted octanol–water partition coefficient (Wildman–Crippen LogP) is 3.04. The molecule has 21 heavy (non-hydrogen) atoms. The monoisotopic (exact) mass is 363 g/mol. The quantitative estimate of drug-likeness (QED) is 0.772. The van der Waals surface area contributed by atoms with Crippen LogP contribution in [0.3, 0.4) is 0 Å². The maximum Gasteiger partial charge on any atom is 0.328 e. The van der Waals surface area contributed by atoms with Crippen LogP contribution in [0.5, 0.6) is 0 Å². The maximum atomic E-state index is 12.1. The Kier molecular flexibility index (Phi) is 5.17. The smallest absolute Gasteiger partial charge is 0.328 e. The van der Waals surface area contributed by atoms with Gasteiger partial charge in [0.05, 0.1) is 4.34 Å². The normalized spacial score (nSPS) is 12.0.